The van der Waals surface area contributed by atoms with Crippen molar-refractivity contribution in [3.63, 3.8) is 0 Å². The van der Waals surface area contributed by atoms with E-state index in [9.17, 15) is 9.59 Å². The number of amides is 2. The Labute approximate surface area is 103 Å². The number of nitrogens with one attached hydrogen (secondary N) is 1. The molecule has 0 aromatic heterocycles. The number of hydrogen-bond acceptors (Lipinski definition) is 3. The molecule has 0 aliphatic heterocycles. The lowest BCUT2D eigenvalue weighted by molar-refractivity contribution is -0.121. The number of hydrogen-bond donors (Lipinski definition) is 1. The van der Waals surface area contributed by atoms with Crippen molar-refractivity contribution in [2.45, 2.75) is 46.1 Å². The van der Waals surface area contributed by atoms with Crippen molar-refractivity contribution in [3.8, 4) is 0 Å². The summed E-state index contributed by atoms with van der Waals surface area (Å²) in [5.41, 5.74) is -0.489. The van der Waals surface area contributed by atoms with Crippen LogP contribution >= 0.6 is 0 Å². The second-order valence-corrected chi connectivity index (χ2v) is 5.00. The van der Waals surface area contributed by atoms with Crippen LogP contribution in [0.2, 0.25) is 0 Å². The Morgan fingerprint density at radius 2 is 1.88 bits per heavy atom. The summed E-state index contributed by atoms with van der Waals surface area (Å²) >= 11 is 0. The van der Waals surface area contributed by atoms with Crippen LogP contribution in [0.5, 0.6) is 0 Å². The lowest BCUT2D eigenvalue weighted by Crippen LogP contribution is -2.39. The number of ether oxygens (including phenoxy) is 1. The van der Waals surface area contributed by atoms with Crippen molar-refractivity contribution >= 4 is 12.0 Å². The van der Waals surface area contributed by atoms with E-state index in [2.05, 4.69) is 5.32 Å². The SMILES string of the molecule is CCCC(=O)NCCN(C)C(=O)OC(C)(C)C. The van der Waals surface area contributed by atoms with Crippen LogP contribution in [0.3, 0.4) is 0 Å². The third kappa shape index (κ3) is 8.54. The summed E-state index contributed by atoms with van der Waals surface area (Å²) in [4.78, 5) is 24.2. The zero-order chi connectivity index (χ0) is 13.5. The molecule has 2 amide bonds. The van der Waals surface area contributed by atoms with Crippen LogP contribution in [0.1, 0.15) is 40.5 Å². The molecule has 1 N–H and O–H groups in total. The monoisotopic (exact) mass is 244 g/mol. The second kappa shape index (κ2) is 7.14. The number of likely N-dealkylation sites (N-methyl/N-ethyl adjacent to an activating group) is 1. The molecule has 0 aliphatic carbocycles. The molecular weight excluding hydrogens is 220 g/mol. The van der Waals surface area contributed by atoms with Gasteiger partial charge in [-0.15, -0.1) is 0 Å². The summed E-state index contributed by atoms with van der Waals surface area (Å²) in [5.74, 6) is 0.0186. The zero-order valence-electron chi connectivity index (χ0n) is 11.5. The Bertz CT molecular complexity index is 259. The van der Waals surface area contributed by atoms with Gasteiger partial charge in [0.15, 0.2) is 0 Å². The van der Waals surface area contributed by atoms with E-state index in [4.69, 9.17) is 4.74 Å². The lowest BCUT2D eigenvalue weighted by atomic mass is 10.2. The predicted octanol–water partition coefficient (Wildman–Crippen LogP) is 1.77. The van der Waals surface area contributed by atoms with Crippen LogP contribution in [0, 0.1) is 0 Å². The molecule has 0 aromatic carbocycles. The highest BCUT2D eigenvalue weighted by molar-refractivity contribution is 5.75. The van der Waals surface area contributed by atoms with Crippen molar-refractivity contribution in [1.82, 2.24) is 10.2 Å². The van der Waals surface area contributed by atoms with E-state index in [1.54, 1.807) is 7.05 Å². The molecule has 0 bridgehead atoms. The quantitative estimate of drug-likeness (QED) is 0.801. The lowest BCUT2D eigenvalue weighted by Gasteiger charge is -2.24. The Morgan fingerprint density at radius 1 is 1.29 bits per heavy atom. The molecule has 0 aromatic rings. The zero-order valence-corrected chi connectivity index (χ0v) is 11.5. The van der Waals surface area contributed by atoms with Gasteiger partial charge in [0.05, 0.1) is 0 Å². The Balaban J connectivity index is 3.82. The van der Waals surface area contributed by atoms with Crippen molar-refractivity contribution < 1.29 is 14.3 Å². The Kier molecular flexibility index (Phi) is 6.61. The third-order valence-corrected chi connectivity index (χ3v) is 1.95. The molecule has 0 unspecified atom stereocenters. The van der Waals surface area contributed by atoms with Gasteiger partial charge in [-0.25, -0.2) is 4.79 Å². The van der Waals surface area contributed by atoms with Gasteiger partial charge in [0.1, 0.15) is 5.60 Å². The van der Waals surface area contributed by atoms with E-state index < -0.39 is 5.60 Å². The molecule has 5 nitrogen and oxygen atoms in total. The fourth-order valence-corrected chi connectivity index (χ4v) is 1.11. The van der Waals surface area contributed by atoms with Crippen LogP contribution in [-0.2, 0) is 9.53 Å². The van der Waals surface area contributed by atoms with E-state index >= 15 is 0 Å². The van der Waals surface area contributed by atoms with E-state index in [1.807, 2.05) is 27.7 Å². The number of carbonyl (C=O) groups is 2. The average molecular weight is 244 g/mol. The Hall–Kier alpha value is -1.26. The first kappa shape index (κ1) is 15.7. The van der Waals surface area contributed by atoms with Crippen molar-refractivity contribution in [1.29, 1.82) is 0 Å². The topological polar surface area (TPSA) is 58.6 Å². The van der Waals surface area contributed by atoms with Crippen LogP contribution in [0.4, 0.5) is 4.79 Å². The molecule has 17 heavy (non-hydrogen) atoms. The molecule has 100 valence electrons. The van der Waals surface area contributed by atoms with Gasteiger partial charge in [0, 0.05) is 26.6 Å². The molecule has 0 heterocycles. The van der Waals surface area contributed by atoms with E-state index in [-0.39, 0.29) is 12.0 Å². The minimum absolute atomic E-state index is 0.0186. The minimum Gasteiger partial charge on any atom is -0.444 e. The summed E-state index contributed by atoms with van der Waals surface area (Å²) in [7, 11) is 1.65. The van der Waals surface area contributed by atoms with Gasteiger partial charge in [-0.05, 0) is 27.2 Å². The number of nitrogens with zero attached hydrogens (tertiary/aromatic N) is 1. The van der Waals surface area contributed by atoms with Crippen molar-refractivity contribution in [3.05, 3.63) is 0 Å². The number of carbonyl (C=O) groups excluding carboxylic acids is 2. The largest absolute Gasteiger partial charge is 0.444 e. The summed E-state index contributed by atoms with van der Waals surface area (Å²) in [6.07, 6.45) is 0.978. The molecular formula is C12H24N2O3. The highest BCUT2D eigenvalue weighted by Crippen LogP contribution is 2.08. The predicted molar refractivity (Wildman–Crippen MR) is 66.8 cm³/mol. The number of rotatable bonds is 5. The van der Waals surface area contributed by atoms with Crippen LogP contribution in [0.25, 0.3) is 0 Å². The smallest absolute Gasteiger partial charge is 0.410 e. The molecule has 0 saturated carbocycles. The Morgan fingerprint density at radius 3 is 2.35 bits per heavy atom. The van der Waals surface area contributed by atoms with Crippen molar-refractivity contribution in [2.75, 3.05) is 20.1 Å². The van der Waals surface area contributed by atoms with Gasteiger partial charge in [-0.2, -0.15) is 0 Å². The standard InChI is InChI=1S/C12H24N2O3/c1-6-7-10(15)13-8-9-14(5)11(16)17-12(2,3)4/h6-9H2,1-5H3,(H,13,15). The first-order chi connectivity index (χ1) is 7.76. The third-order valence-electron chi connectivity index (χ3n) is 1.95. The fraction of sp³-hybridized carbons (Fsp3) is 0.833. The highest BCUT2D eigenvalue weighted by Gasteiger charge is 2.19. The first-order valence-electron chi connectivity index (χ1n) is 5.97. The molecule has 0 saturated heterocycles. The normalized spacial score (nSPS) is 10.9. The fourth-order valence-electron chi connectivity index (χ4n) is 1.11. The molecule has 0 spiro atoms. The van der Waals surface area contributed by atoms with Crippen LogP contribution in [0.15, 0.2) is 0 Å². The van der Waals surface area contributed by atoms with Gasteiger partial charge >= 0.3 is 6.09 Å². The molecule has 0 rings (SSSR count). The van der Waals surface area contributed by atoms with Gasteiger partial charge in [-0.1, -0.05) is 6.92 Å². The van der Waals surface area contributed by atoms with E-state index in [0.29, 0.717) is 19.5 Å². The summed E-state index contributed by atoms with van der Waals surface area (Å²) in [6.45, 7) is 8.32. The molecule has 5 heteroatoms. The van der Waals surface area contributed by atoms with Gasteiger partial charge in [0.25, 0.3) is 0 Å². The highest BCUT2D eigenvalue weighted by atomic mass is 16.6. The maximum atomic E-state index is 11.6. The molecule has 0 atom stereocenters. The van der Waals surface area contributed by atoms with Crippen LogP contribution < -0.4 is 5.32 Å². The minimum atomic E-state index is -0.489. The molecule has 0 radical (unpaired) electrons. The second-order valence-electron chi connectivity index (χ2n) is 5.00. The summed E-state index contributed by atoms with van der Waals surface area (Å²) in [5, 5.41) is 2.74. The van der Waals surface area contributed by atoms with E-state index in [1.165, 1.54) is 4.90 Å². The van der Waals surface area contributed by atoms with Crippen LogP contribution in [-0.4, -0.2) is 42.6 Å². The van der Waals surface area contributed by atoms with E-state index in [0.717, 1.165) is 6.42 Å². The molecule has 0 aliphatic rings. The van der Waals surface area contributed by atoms with Crippen molar-refractivity contribution in [2.24, 2.45) is 0 Å². The van der Waals surface area contributed by atoms with Gasteiger partial charge in [-0.3, -0.25) is 4.79 Å². The van der Waals surface area contributed by atoms with Gasteiger partial charge in [0.2, 0.25) is 5.91 Å². The average Bonchev–Trinajstić information content (AvgIpc) is 2.15. The van der Waals surface area contributed by atoms with Gasteiger partial charge < -0.3 is 15.0 Å². The maximum absolute atomic E-state index is 11.6. The molecule has 0 fully saturated rings. The summed E-state index contributed by atoms with van der Waals surface area (Å²) < 4.78 is 5.18. The maximum Gasteiger partial charge on any atom is 0.410 e. The first-order valence-corrected chi connectivity index (χ1v) is 5.97. The summed E-state index contributed by atoms with van der Waals surface area (Å²) in [6, 6.07) is 0.